The molecule has 0 unspecified atom stereocenters. The normalized spacial score (nSPS) is 18.9. The van der Waals surface area contributed by atoms with Gasteiger partial charge in [-0.25, -0.2) is 12.8 Å². The van der Waals surface area contributed by atoms with Gasteiger partial charge in [-0.15, -0.1) is 0 Å². The number of carbonyl (C=O) groups is 1. The number of carbonyl (C=O) groups excluding carboxylic acids is 1. The van der Waals surface area contributed by atoms with Crippen molar-refractivity contribution < 1.29 is 17.6 Å². The molecule has 0 radical (unpaired) electrons. The molecule has 3 rings (SSSR count). The van der Waals surface area contributed by atoms with E-state index >= 15 is 0 Å². The molecular weight excluding hydrogens is 365 g/mol. The second-order valence-corrected chi connectivity index (χ2v) is 8.79. The molecule has 1 amide bonds. The van der Waals surface area contributed by atoms with Gasteiger partial charge in [-0.1, -0.05) is 29.8 Å². The van der Waals surface area contributed by atoms with E-state index in [0.29, 0.717) is 17.0 Å². The third-order valence-corrected chi connectivity index (χ3v) is 6.23. The molecule has 0 saturated carbocycles. The van der Waals surface area contributed by atoms with Crippen LogP contribution in [0.3, 0.4) is 0 Å². The summed E-state index contributed by atoms with van der Waals surface area (Å²) in [5, 5.41) is 0.437. The van der Waals surface area contributed by atoms with Gasteiger partial charge in [0.05, 0.1) is 11.5 Å². The second kappa shape index (κ2) is 7.14. The Hall–Kier alpha value is -1.92. The van der Waals surface area contributed by atoms with Crippen LogP contribution in [0.4, 0.5) is 4.39 Å². The number of halogens is 2. The standard InChI is InChI=1S/C18H17ClFNO3S/c19-15-3-1-2-14(10-15)18(22)21(17-8-9-25(23,24)12-17)11-13-4-6-16(20)7-5-13/h1-7,10,17H,8-9,11-12H2/t17-/m0/s1. The largest absolute Gasteiger partial charge is 0.330 e. The quantitative estimate of drug-likeness (QED) is 0.816. The minimum Gasteiger partial charge on any atom is -0.330 e. The van der Waals surface area contributed by atoms with E-state index in [1.165, 1.54) is 12.1 Å². The number of amides is 1. The first-order valence-electron chi connectivity index (χ1n) is 7.85. The Morgan fingerprint density at radius 2 is 1.92 bits per heavy atom. The molecule has 2 aromatic rings. The fourth-order valence-electron chi connectivity index (χ4n) is 2.96. The lowest BCUT2D eigenvalue weighted by Crippen LogP contribution is -2.40. The van der Waals surface area contributed by atoms with Gasteiger partial charge < -0.3 is 4.90 Å². The van der Waals surface area contributed by atoms with Crippen molar-refractivity contribution in [3.8, 4) is 0 Å². The Morgan fingerprint density at radius 3 is 2.52 bits per heavy atom. The number of nitrogens with zero attached hydrogens (tertiary/aromatic N) is 1. The van der Waals surface area contributed by atoms with Crippen LogP contribution >= 0.6 is 11.6 Å². The van der Waals surface area contributed by atoms with Crippen molar-refractivity contribution in [1.29, 1.82) is 0 Å². The molecule has 0 N–H and O–H groups in total. The average molecular weight is 382 g/mol. The highest BCUT2D eigenvalue weighted by atomic mass is 35.5. The Labute approximate surface area is 151 Å². The van der Waals surface area contributed by atoms with E-state index in [1.807, 2.05) is 0 Å². The highest BCUT2D eigenvalue weighted by molar-refractivity contribution is 7.91. The fourth-order valence-corrected chi connectivity index (χ4v) is 4.88. The van der Waals surface area contributed by atoms with Gasteiger partial charge in [0, 0.05) is 23.2 Å². The van der Waals surface area contributed by atoms with Gasteiger partial charge >= 0.3 is 0 Å². The third-order valence-electron chi connectivity index (χ3n) is 4.25. The SMILES string of the molecule is O=C(c1cccc(Cl)c1)N(Cc1ccc(F)cc1)[C@H]1CCS(=O)(=O)C1. The molecule has 25 heavy (non-hydrogen) atoms. The molecule has 2 aromatic carbocycles. The summed E-state index contributed by atoms with van der Waals surface area (Å²) in [6.45, 7) is 0.214. The van der Waals surface area contributed by atoms with Gasteiger partial charge in [-0.2, -0.15) is 0 Å². The van der Waals surface area contributed by atoms with E-state index in [1.54, 1.807) is 41.3 Å². The summed E-state index contributed by atoms with van der Waals surface area (Å²) in [5.74, 6) is -0.630. The molecule has 1 aliphatic rings. The zero-order valence-electron chi connectivity index (χ0n) is 13.4. The van der Waals surface area contributed by atoms with Crippen LogP contribution in [0.15, 0.2) is 48.5 Å². The predicted octanol–water partition coefficient (Wildman–Crippen LogP) is 3.31. The lowest BCUT2D eigenvalue weighted by molar-refractivity contribution is 0.0681. The molecule has 4 nitrogen and oxygen atoms in total. The number of rotatable bonds is 4. The van der Waals surface area contributed by atoms with Crippen LogP contribution in [-0.4, -0.2) is 36.8 Å². The maximum Gasteiger partial charge on any atom is 0.254 e. The Kier molecular flexibility index (Phi) is 5.11. The first-order valence-corrected chi connectivity index (χ1v) is 10.1. The summed E-state index contributed by atoms with van der Waals surface area (Å²) in [5.41, 5.74) is 1.14. The van der Waals surface area contributed by atoms with Crippen molar-refractivity contribution in [3.63, 3.8) is 0 Å². The molecule has 132 valence electrons. The molecule has 1 heterocycles. The smallest absolute Gasteiger partial charge is 0.254 e. The van der Waals surface area contributed by atoms with Crippen LogP contribution in [0.1, 0.15) is 22.3 Å². The molecule has 0 spiro atoms. The first-order chi connectivity index (χ1) is 11.8. The predicted molar refractivity (Wildman–Crippen MR) is 94.8 cm³/mol. The minimum absolute atomic E-state index is 0.0551. The highest BCUT2D eigenvalue weighted by Gasteiger charge is 2.35. The van der Waals surface area contributed by atoms with Crippen LogP contribution in [-0.2, 0) is 16.4 Å². The number of hydrogen-bond donors (Lipinski definition) is 0. The van der Waals surface area contributed by atoms with Crippen molar-refractivity contribution in [1.82, 2.24) is 4.90 Å². The zero-order chi connectivity index (χ0) is 18.0. The van der Waals surface area contributed by atoms with Crippen molar-refractivity contribution in [2.24, 2.45) is 0 Å². The van der Waals surface area contributed by atoms with Gasteiger partial charge in [0.15, 0.2) is 9.84 Å². The molecule has 0 aromatic heterocycles. The molecule has 1 atom stereocenters. The van der Waals surface area contributed by atoms with E-state index in [4.69, 9.17) is 11.6 Å². The second-order valence-electron chi connectivity index (χ2n) is 6.13. The van der Waals surface area contributed by atoms with E-state index in [0.717, 1.165) is 5.56 Å². The number of sulfone groups is 1. The maximum absolute atomic E-state index is 13.1. The topological polar surface area (TPSA) is 54.5 Å². The zero-order valence-corrected chi connectivity index (χ0v) is 14.9. The van der Waals surface area contributed by atoms with Gasteiger partial charge in [-0.05, 0) is 42.3 Å². The summed E-state index contributed by atoms with van der Waals surface area (Å²) >= 11 is 5.97. The van der Waals surface area contributed by atoms with Gasteiger partial charge in [0.25, 0.3) is 5.91 Å². The van der Waals surface area contributed by atoms with Crippen LogP contribution in [0.25, 0.3) is 0 Å². The van der Waals surface area contributed by atoms with Crippen molar-refractivity contribution in [2.75, 3.05) is 11.5 Å². The number of benzene rings is 2. The highest BCUT2D eigenvalue weighted by Crippen LogP contribution is 2.23. The summed E-state index contributed by atoms with van der Waals surface area (Å²) in [6, 6.07) is 12.0. The van der Waals surface area contributed by atoms with Crippen LogP contribution < -0.4 is 0 Å². The van der Waals surface area contributed by atoms with Crippen LogP contribution in [0.2, 0.25) is 5.02 Å². The summed E-state index contributed by atoms with van der Waals surface area (Å²) in [4.78, 5) is 14.5. The summed E-state index contributed by atoms with van der Waals surface area (Å²) < 4.78 is 36.8. The minimum atomic E-state index is -3.14. The van der Waals surface area contributed by atoms with Crippen LogP contribution in [0, 0.1) is 5.82 Å². The average Bonchev–Trinajstić information content (AvgIpc) is 2.93. The molecule has 1 fully saturated rings. The Bertz CT molecular complexity index is 883. The van der Waals surface area contributed by atoms with Gasteiger partial charge in [0.2, 0.25) is 0 Å². The lowest BCUT2D eigenvalue weighted by atomic mass is 10.1. The van der Waals surface area contributed by atoms with E-state index < -0.39 is 15.9 Å². The molecular formula is C18H17ClFNO3S. The summed E-state index contributed by atoms with van der Waals surface area (Å²) in [7, 11) is -3.14. The molecule has 1 saturated heterocycles. The van der Waals surface area contributed by atoms with E-state index in [9.17, 15) is 17.6 Å². The van der Waals surface area contributed by atoms with Crippen LogP contribution in [0.5, 0.6) is 0 Å². The maximum atomic E-state index is 13.1. The lowest BCUT2D eigenvalue weighted by Gasteiger charge is -2.28. The molecule has 1 aliphatic heterocycles. The number of hydrogen-bond acceptors (Lipinski definition) is 3. The molecule has 7 heteroatoms. The monoisotopic (exact) mass is 381 g/mol. The Morgan fingerprint density at radius 1 is 1.20 bits per heavy atom. The molecule has 0 aliphatic carbocycles. The van der Waals surface area contributed by atoms with E-state index in [-0.39, 0.29) is 29.8 Å². The first kappa shape index (κ1) is 17.9. The fraction of sp³-hybridized carbons (Fsp3) is 0.278. The van der Waals surface area contributed by atoms with E-state index in [2.05, 4.69) is 0 Å². The molecule has 0 bridgehead atoms. The summed E-state index contributed by atoms with van der Waals surface area (Å²) in [6.07, 6.45) is 0.399. The van der Waals surface area contributed by atoms with Gasteiger partial charge in [-0.3, -0.25) is 4.79 Å². The van der Waals surface area contributed by atoms with Crippen molar-refractivity contribution in [2.45, 2.75) is 19.0 Å². The van der Waals surface area contributed by atoms with Crippen molar-refractivity contribution in [3.05, 3.63) is 70.5 Å². The van der Waals surface area contributed by atoms with Crippen molar-refractivity contribution >= 4 is 27.3 Å². The Balaban J connectivity index is 1.91. The van der Waals surface area contributed by atoms with Gasteiger partial charge in [0.1, 0.15) is 5.82 Å². The third kappa shape index (κ3) is 4.38.